The minimum Gasteiger partial charge on any atom is -0.313 e. The van der Waals surface area contributed by atoms with Gasteiger partial charge in [-0.2, -0.15) is 5.26 Å². The highest BCUT2D eigenvalue weighted by molar-refractivity contribution is 4.79. The van der Waals surface area contributed by atoms with Crippen LogP contribution in [-0.2, 0) is 0 Å². The van der Waals surface area contributed by atoms with Gasteiger partial charge < -0.3 is 5.32 Å². The average molecular weight is 152 g/mol. The Bertz CT molecular complexity index is 144. The molecule has 0 heterocycles. The van der Waals surface area contributed by atoms with Crippen molar-refractivity contribution in [2.45, 2.75) is 38.6 Å². The quantitative estimate of drug-likeness (QED) is 0.650. The molecule has 0 aliphatic heterocycles. The van der Waals surface area contributed by atoms with Crippen molar-refractivity contribution in [2.75, 3.05) is 6.54 Å². The first-order valence-electron chi connectivity index (χ1n) is 4.43. The van der Waals surface area contributed by atoms with Crippen LogP contribution in [0.25, 0.3) is 0 Å². The molecule has 0 aromatic heterocycles. The third-order valence-corrected chi connectivity index (χ3v) is 2.14. The zero-order valence-electron chi connectivity index (χ0n) is 7.14. The van der Waals surface area contributed by atoms with Gasteiger partial charge in [0.2, 0.25) is 0 Å². The third-order valence-electron chi connectivity index (χ3n) is 2.14. The fraction of sp³-hybridized carbons (Fsp3) is 0.889. The van der Waals surface area contributed by atoms with E-state index in [1.165, 1.54) is 19.3 Å². The fourth-order valence-corrected chi connectivity index (χ4v) is 1.15. The predicted octanol–water partition coefficient (Wildman–Crippen LogP) is 1.68. The third kappa shape index (κ3) is 4.00. The summed E-state index contributed by atoms with van der Waals surface area (Å²) >= 11 is 0. The van der Waals surface area contributed by atoms with E-state index in [9.17, 15) is 0 Å². The lowest BCUT2D eigenvalue weighted by atomic mass is 10.2. The summed E-state index contributed by atoms with van der Waals surface area (Å²) in [6, 6.07) is 2.53. The largest absolute Gasteiger partial charge is 0.313 e. The van der Waals surface area contributed by atoms with Gasteiger partial charge in [0.05, 0.1) is 12.5 Å². The zero-order valence-corrected chi connectivity index (χ0v) is 7.14. The highest BCUT2D eigenvalue weighted by Crippen LogP contribution is 2.31. The summed E-state index contributed by atoms with van der Waals surface area (Å²) < 4.78 is 0. The van der Waals surface area contributed by atoms with Gasteiger partial charge in [-0.05, 0) is 25.8 Å². The summed E-state index contributed by atoms with van der Waals surface area (Å²) in [4.78, 5) is 0. The van der Waals surface area contributed by atoms with E-state index >= 15 is 0 Å². The Morgan fingerprint density at radius 3 is 2.91 bits per heavy atom. The average Bonchev–Trinajstić information content (AvgIpc) is 2.72. The molecule has 1 saturated carbocycles. The maximum Gasteiger partial charge on any atom is 0.0638 e. The lowest BCUT2D eigenvalue weighted by Crippen LogP contribution is -2.26. The van der Waals surface area contributed by atoms with Crippen LogP contribution in [0.4, 0.5) is 0 Å². The molecular weight excluding hydrogens is 136 g/mol. The Morgan fingerprint density at radius 1 is 1.64 bits per heavy atom. The van der Waals surface area contributed by atoms with Crippen LogP contribution in [0.5, 0.6) is 0 Å². The summed E-state index contributed by atoms with van der Waals surface area (Å²) in [6.45, 7) is 3.16. The Hall–Kier alpha value is -0.550. The molecule has 0 bridgehead atoms. The molecule has 1 rings (SSSR count). The number of hydrogen-bond donors (Lipinski definition) is 1. The van der Waals surface area contributed by atoms with Gasteiger partial charge in [0.15, 0.2) is 0 Å². The maximum absolute atomic E-state index is 8.37. The molecule has 0 radical (unpaired) electrons. The SMILES string of the molecule is CC(CC#N)NCCC1CC1. The van der Waals surface area contributed by atoms with Crippen molar-refractivity contribution in [2.24, 2.45) is 5.92 Å². The van der Waals surface area contributed by atoms with Crippen LogP contribution in [0.2, 0.25) is 0 Å². The molecule has 1 atom stereocenters. The van der Waals surface area contributed by atoms with Gasteiger partial charge in [-0.25, -0.2) is 0 Å². The zero-order chi connectivity index (χ0) is 8.10. The van der Waals surface area contributed by atoms with E-state index in [2.05, 4.69) is 18.3 Å². The van der Waals surface area contributed by atoms with Crippen molar-refractivity contribution in [3.05, 3.63) is 0 Å². The van der Waals surface area contributed by atoms with Crippen molar-refractivity contribution in [1.82, 2.24) is 5.32 Å². The van der Waals surface area contributed by atoms with Gasteiger partial charge >= 0.3 is 0 Å². The molecule has 2 nitrogen and oxygen atoms in total. The van der Waals surface area contributed by atoms with Gasteiger partial charge in [-0.3, -0.25) is 0 Å². The second-order valence-corrected chi connectivity index (χ2v) is 3.45. The molecule has 1 aliphatic carbocycles. The Morgan fingerprint density at radius 2 is 2.36 bits per heavy atom. The predicted molar refractivity (Wildman–Crippen MR) is 45.0 cm³/mol. The van der Waals surface area contributed by atoms with Crippen molar-refractivity contribution >= 4 is 0 Å². The summed E-state index contributed by atoms with van der Waals surface area (Å²) in [5.41, 5.74) is 0. The monoisotopic (exact) mass is 152 g/mol. The Labute approximate surface area is 68.6 Å². The van der Waals surface area contributed by atoms with Gasteiger partial charge in [-0.1, -0.05) is 12.8 Å². The lowest BCUT2D eigenvalue weighted by molar-refractivity contribution is 0.528. The number of hydrogen-bond acceptors (Lipinski definition) is 2. The number of nitriles is 1. The van der Waals surface area contributed by atoms with Gasteiger partial charge in [0.1, 0.15) is 0 Å². The molecule has 0 aromatic carbocycles. The highest BCUT2D eigenvalue weighted by atomic mass is 14.9. The number of nitrogens with zero attached hydrogens (tertiary/aromatic N) is 1. The van der Waals surface area contributed by atoms with Crippen LogP contribution in [0, 0.1) is 17.2 Å². The second-order valence-electron chi connectivity index (χ2n) is 3.45. The van der Waals surface area contributed by atoms with Gasteiger partial charge in [0, 0.05) is 6.04 Å². The van der Waals surface area contributed by atoms with Crippen molar-refractivity contribution in [3.63, 3.8) is 0 Å². The Kier molecular flexibility index (Phi) is 3.38. The topological polar surface area (TPSA) is 35.8 Å². The molecular formula is C9H16N2. The normalized spacial score (nSPS) is 19.3. The van der Waals surface area contributed by atoms with E-state index in [4.69, 9.17) is 5.26 Å². The maximum atomic E-state index is 8.37. The molecule has 1 N–H and O–H groups in total. The van der Waals surface area contributed by atoms with E-state index < -0.39 is 0 Å². The minimum absolute atomic E-state index is 0.374. The Balaban J connectivity index is 1.88. The second kappa shape index (κ2) is 4.35. The first kappa shape index (κ1) is 8.55. The molecule has 2 heteroatoms. The van der Waals surface area contributed by atoms with E-state index in [1.54, 1.807) is 0 Å². The van der Waals surface area contributed by atoms with Gasteiger partial charge in [0.25, 0.3) is 0 Å². The number of nitrogens with one attached hydrogen (secondary N) is 1. The highest BCUT2D eigenvalue weighted by Gasteiger charge is 2.20. The standard InChI is InChI=1S/C9H16N2/c1-8(4-6-10)11-7-5-9-2-3-9/h8-9,11H,2-5,7H2,1H3. The van der Waals surface area contributed by atoms with Crippen LogP contribution in [0.15, 0.2) is 0 Å². The molecule has 0 spiro atoms. The molecule has 11 heavy (non-hydrogen) atoms. The van der Waals surface area contributed by atoms with Crippen LogP contribution in [0.3, 0.4) is 0 Å². The van der Waals surface area contributed by atoms with Crippen LogP contribution < -0.4 is 5.32 Å². The molecule has 62 valence electrons. The first-order valence-corrected chi connectivity index (χ1v) is 4.43. The van der Waals surface area contributed by atoms with Crippen LogP contribution in [-0.4, -0.2) is 12.6 Å². The summed E-state index contributed by atoms with van der Waals surface area (Å²) in [6.07, 6.45) is 4.78. The summed E-state index contributed by atoms with van der Waals surface area (Å²) in [7, 11) is 0. The fourth-order valence-electron chi connectivity index (χ4n) is 1.15. The van der Waals surface area contributed by atoms with E-state index in [0.717, 1.165) is 12.5 Å². The lowest BCUT2D eigenvalue weighted by Gasteiger charge is -2.08. The van der Waals surface area contributed by atoms with E-state index in [0.29, 0.717) is 12.5 Å². The van der Waals surface area contributed by atoms with Crippen LogP contribution in [0.1, 0.15) is 32.6 Å². The van der Waals surface area contributed by atoms with E-state index in [-0.39, 0.29) is 0 Å². The van der Waals surface area contributed by atoms with Crippen molar-refractivity contribution in [1.29, 1.82) is 5.26 Å². The summed E-state index contributed by atoms with van der Waals surface area (Å²) in [5, 5.41) is 11.7. The molecule has 0 aromatic rings. The number of rotatable bonds is 5. The van der Waals surface area contributed by atoms with E-state index in [1.807, 2.05) is 0 Å². The smallest absolute Gasteiger partial charge is 0.0638 e. The summed E-state index contributed by atoms with van der Waals surface area (Å²) in [5.74, 6) is 0.997. The molecule has 0 amide bonds. The van der Waals surface area contributed by atoms with Crippen molar-refractivity contribution < 1.29 is 0 Å². The molecule has 1 fully saturated rings. The molecule has 1 unspecified atom stereocenters. The molecule has 0 saturated heterocycles. The van der Waals surface area contributed by atoms with Gasteiger partial charge in [-0.15, -0.1) is 0 Å². The first-order chi connectivity index (χ1) is 5.33. The molecule has 1 aliphatic rings. The van der Waals surface area contributed by atoms with Crippen LogP contribution >= 0.6 is 0 Å². The van der Waals surface area contributed by atoms with Crippen molar-refractivity contribution in [3.8, 4) is 6.07 Å². The minimum atomic E-state index is 0.374.